The Bertz CT molecular complexity index is 1070. The van der Waals surface area contributed by atoms with Gasteiger partial charge in [-0.2, -0.15) is 0 Å². The third kappa shape index (κ3) is 6.55. The van der Waals surface area contributed by atoms with Gasteiger partial charge in [0.25, 0.3) is 5.91 Å². The zero-order valence-electron chi connectivity index (χ0n) is 19.4. The van der Waals surface area contributed by atoms with Gasteiger partial charge in [-0.25, -0.2) is 0 Å². The molecule has 1 aliphatic rings. The number of rotatable bonds is 8. The summed E-state index contributed by atoms with van der Waals surface area (Å²) in [4.78, 5) is 20.1. The second-order valence-electron chi connectivity index (χ2n) is 8.06. The monoisotopic (exact) mass is 550 g/mol. The van der Waals surface area contributed by atoms with Crippen molar-refractivity contribution < 1.29 is 14.3 Å². The van der Waals surface area contributed by atoms with Crippen LogP contribution in [0.2, 0.25) is 5.02 Å². The lowest BCUT2D eigenvalue weighted by molar-refractivity contribution is -0.123. The summed E-state index contributed by atoms with van der Waals surface area (Å²) in [6.45, 7) is 10.8. The lowest BCUT2D eigenvalue weighted by atomic mass is 10.1. The van der Waals surface area contributed by atoms with Crippen molar-refractivity contribution in [3.05, 3.63) is 61.9 Å². The highest BCUT2D eigenvalue weighted by molar-refractivity contribution is 9.10. The number of benzene rings is 2. The van der Waals surface area contributed by atoms with Gasteiger partial charge in [0.15, 0.2) is 16.7 Å². The summed E-state index contributed by atoms with van der Waals surface area (Å²) < 4.78 is 12.7. The van der Waals surface area contributed by atoms with Gasteiger partial charge in [0, 0.05) is 17.1 Å². The number of hydrogen-bond donors (Lipinski definition) is 0. The van der Waals surface area contributed by atoms with Crippen LogP contribution in [-0.2, 0) is 11.4 Å². The SMILES string of the molecule is CCOc1cc(/C=C2/SC(=NC(C)C)N(C(C)C)C2=O)cc(Br)c1OCc1ccc(Cl)cc1. The van der Waals surface area contributed by atoms with Crippen molar-refractivity contribution >= 4 is 56.4 Å². The standard InChI is InChI=1S/C25H28BrClN2O3S/c1-6-31-21-12-18(11-20(26)23(21)32-14-17-7-9-19(27)10-8-17)13-22-24(30)29(16(4)5)25(33-22)28-15(2)3/h7-13,15-16H,6,14H2,1-5H3/b22-13+,28-25?. The Kier molecular flexibility index (Phi) is 8.90. The fraction of sp³-hybridized carbons (Fsp3) is 0.360. The summed E-state index contributed by atoms with van der Waals surface area (Å²) in [5.74, 6) is 1.19. The maximum Gasteiger partial charge on any atom is 0.266 e. The number of hydrogen-bond acceptors (Lipinski definition) is 5. The van der Waals surface area contributed by atoms with E-state index in [2.05, 4.69) is 20.9 Å². The average Bonchev–Trinajstić information content (AvgIpc) is 3.03. The number of carbonyl (C=O) groups excluding carboxylic acids is 1. The lowest BCUT2D eigenvalue weighted by Crippen LogP contribution is -2.35. The van der Waals surface area contributed by atoms with Crippen molar-refractivity contribution in [2.75, 3.05) is 6.61 Å². The van der Waals surface area contributed by atoms with Crippen LogP contribution < -0.4 is 9.47 Å². The molecule has 0 unspecified atom stereocenters. The molecule has 0 aliphatic carbocycles. The molecule has 1 fully saturated rings. The molecule has 2 aromatic rings. The predicted octanol–water partition coefficient (Wildman–Crippen LogP) is 7.17. The number of ether oxygens (including phenoxy) is 2. The third-order valence-electron chi connectivity index (χ3n) is 4.65. The number of thioether (sulfide) groups is 1. The molecule has 1 heterocycles. The maximum absolute atomic E-state index is 13.1. The van der Waals surface area contributed by atoms with Crippen LogP contribution in [0.1, 0.15) is 45.7 Å². The van der Waals surface area contributed by atoms with Gasteiger partial charge in [0.1, 0.15) is 6.61 Å². The smallest absolute Gasteiger partial charge is 0.266 e. The lowest BCUT2D eigenvalue weighted by Gasteiger charge is -2.20. The molecular formula is C25H28BrClN2O3S. The van der Waals surface area contributed by atoms with Crippen molar-refractivity contribution in [3.63, 3.8) is 0 Å². The van der Waals surface area contributed by atoms with Crippen LogP contribution in [0, 0.1) is 0 Å². The number of halogens is 2. The second kappa shape index (κ2) is 11.4. The molecule has 8 heteroatoms. The molecule has 0 atom stereocenters. The zero-order valence-corrected chi connectivity index (χ0v) is 22.6. The van der Waals surface area contributed by atoms with Crippen molar-refractivity contribution in [1.82, 2.24) is 4.90 Å². The van der Waals surface area contributed by atoms with Gasteiger partial charge >= 0.3 is 0 Å². The van der Waals surface area contributed by atoms with Crippen LogP contribution >= 0.6 is 39.3 Å². The van der Waals surface area contributed by atoms with Crippen LogP contribution in [0.5, 0.6) is 11.5 Å². The van der Waals surface area contributed by atoms with Crippen LogP contribution in [0.25, 0.3) is 6.08 Å². The molecule has 5 nitrogen and oxygen atoms in total. The normalized spacial score (nSPS) is 16.5. The van der Waals surface area contributed by atoms with Crippen LogP contribution in [-0.4, -0.2) is 34.7 Å². The second-order valence-corrected chi connectivity index (χ2v) is 10.4. The summed E-state index contributed by atoms with van der Waals surface area (Å²) in [6, 6.07) is 11.5. The van der Waals surface area contributed by atoms with E-state index in [0.29, 0.717) is 34.6 Å². The minimum atomic E-state index is -0.0356. The van der Waals surface area contributed by atoms with E-state index in [9.17, 15) is 4.79 Å². The first-order valence-corrected chi connectivity index (χ1v) is 12.8. The number of carbonyl (C=O) groups is 1. The van der Waals surface area contributed by atoms with Crippen LogP contribution in [0.15, 0.2) is 50.8 Å². The molecule has 1 aliphatic heterocycles. The minimum absolute atomic E-state index is 0.0303. The quantitative estimate of drug-likeness (QED) is 0.326. The van der Waals surface area contributed by atoms with Gasteiger partial charge in [-0.1, -0.05) is 23.7 Å². The fourth-order valence-corrected chi connectivity index (χ4v) is 5.15. The van der Waals surface area contributed by atoms with E-state index in [-0.39, 0.29) is 18.0 Å². The molecule has 0 aromatic heterocycles. The Hall–Kier alpha value is -1.96. The highest BCUT2D eigenvalue weighted by atomic mass is 79.9. The van der Waals surface area contributed by atoms with E-state index in [0.717, 1.165) is 20.8 Å². The highest BCUT2D eigenvalue weighted by Crippen LogP contribution is 2.40. The van der Waals surface area contributed by atoms with E-state index in [1.165, 1.54) is 11.8 Å². The van der Waals surface area contributed by atoms with Gasteiger partial charge in [0.05, 0.1) is 16.0 Å². The van der Waals surface area contributed by atoms with E-state index in [1.807, 2.05) is 77.1 Å². The van der Waals surface area contributed by atoms with E-state index in [1.54, 1.807) is 4.90 Å². The molecule has 2 aromatic carbocycles. The zero-order chi connectivity index (χ0) is 24.1. The van der Waals surface area contributed by atoms with Crippen molar-refractivity contribution in [2.45, 2.75) is 53.3 Å². The largest absolute Gasteiger partial charge is 0.490 e. The average molecular weight is 552 g/mol. The first kappa shape index (κ1) is 25.7. The molecule has 0 bridgehead atoms. The molecule has 33 heavy (non-hydrogen) atoms. The molecule has 0 spiro atoms. The van der Waals surface area contributed by atoms with Gasteiger partial charge in [-0.05, 0) is 104 Å². The Morgan fingerprint density at radius 1 is 1.15 bits per heavy atom. The molecule has 0 N–H and O–H groups in total. The first-order chi connectivity index (χ1) is 15.7. The maximum atomic E-state index is 13.1. The van der Waals surface area contributed by atoms with Crippen molar-refractivity contribution in [1.29, 1.82) is 0 Å². The van der Waals surface area contributed by atoms with Gasteiger partial charge in [0.2, 0.25) is 0 Å². The number of amides is 1. The predicted molar refractivity (Wildman–Crippen MR) is 141 cm³/mol. The summed E-state index contributed by atoms with van der Waals surface area (Å²) in [6.07, 6.45) is 1.88. The highest BCUT2D eigenvalue weighted by Gasteiger charge is 2.35. The molecular weight excluding hydrogens is 524 g/mol. The first-order valence-electron chi connectivity index (χ1n) is 10.8. The molecule has 3 rings (SSSR count). The van der Waals surface area contributed by atoms with Crippen LogP contribution in [0.3, 0.4) is 0 Å². The molecule has 0 saturated carbocycles. The number of nitrogens with zero attached hydrogens (tertiary/aromatic N) is 2. The van der Waals surface area contributed by atoms with Crippen LogP contribution in [0.4, 0.5) is 0 Å². The summed E-state index contributed by atoms with van der Waals surface area (Å²) in [5.41, 5.74) is 1.84. The topological polar surface area (TPSA) is 51.1 Å². The molecule has 176 valence electrons. The fourth-order valence-electron chi connectivity index (χ4n) is 3.21. The van der Waals surface area contributed by atoms with Gasteiger partial charge < -0.3 is 9.47 Å². The van der Waals surface area contributed by atoms with E-state index < -0.39 is 0 Å². The molecule has 0 radical (unpaired) electrons. The Morgan fingerprint density at radius 3 is 2.45 bits per heavy atom. The molecule has 1 saturated heterocycles. The summed E-state index contributed by atoms with van der Waals surface area (Å²) >= 11 is 11.0. The van der Waals surface area contributed by atoms with Crippen molar-refractivity contribution in [2.24, 2.45) is 4.99 Å². The van der Waals surface area contributed by atoms with Crippen molar-refractivity contribution in [3.8, 4) is 11.5 Å². The van der Waals surface area contributed by atoms with E-state index >= 15 is 0 Å². The number of aliphatic imine (C=N–C) groups is 1. The third-order valence-corrected chi connectivity index (χ3v) is 6.49. The minimum Gasteiger partial charge on any atom is -0.490 e. The Labute approximate surface area is 213 Å². The van der Waals surface area contributed by atoms with E-state index in [4.69, 9.17) is 21.1 Å². The van der Waals surface area contributed by atoms with Gasteiger partial charge in [-0.15, -0.1) is 0 Å². The summed E-state index contributed by atoms with van der Waals surface area (Å²) in [5, 5.41) is 1.42. The Morgan fingerprint density at radius 2 is 1.85 bits per heavy atom. The molecule has 1 amide bonds. The van der Waals surface area contributed by atoms with Gasteiger partial charge in [-0.3, -0.25) is 14.7 Å². The number of amidine groups is 1. The Balaban J connectivity index is 1.90. The summed E-state index contributed by atoms with van der Waals surface area (Å²) in [7, 11) is 0.